The maximum Gasteiger partial charge on any atom is 0.266 e. The Morgan fingerprint density at radius 3 is 2.62 bits per heavy atom. The third-order valence-corrected chi connectivity index (χ3v) is 2.05. The quantitative estimate of drug-likeness (QED) is 0.824. The molecule has 0 aliphatic carbocycles. The third-order valence-electron chi connectivity index (χ3n) is 1.41. The second kappa shape index (κ2) is 4.06. The molecule has 0 aromatic carbocycles. The van der Waals surface area contributed by atoms with Crippen molar-refractivity contribution in [3.63, 3.8) is 0 Å². The average molecular weight is 256 g/mol. The molecule has 1 heterocycles. The van der Waals surface area contributed by atoms with Gasteiger partial charge in [0.2, 0.25) is 0 Å². The van der Waals surface area contributed by atoms with Gasteiger partial charge in [-0.15, -0.1) is 0 Å². The highest BCUT2D eigenvalue weighted by Crippen LogP contribution is 2.27. The molecule has 0 saturated carbocycles. The van der Waals surface area contributed by atoms with E-state index in [1.165, 1.54) is 0 Å². The summed E-state index contributed by atoms with van der Waals surface area (Å²) in [5.41, 5.74) is -0.772. The molecule has 0 aliphatic rings. The van der Waals surface area contributed by atoms with Gasteiger partial charge in [0.25, 0.3) is 6.43 Å². The molecule has 0 spiro atoms. The number of aromatic nitrogens is 1. The monoisotopic (exact) mass is 255 g/mol. The van der Waals surface area contributed by atoms with Crippen LogP contribution in [0, 0.1) is 5.82 Å². The summed E-state index contributed by atoms with van der Waals surface area (Å²) >= 11 is 2.75. The summed E-state index contributed by atoms with van der Waals surface area (Å²) in [6.07, 6.45) is -2.79. The van der Waals surface area contributed by atoms with Gasteiger partial charge >= 0.3 is 0 Å². The summed E-state index contributed by atoms with van der Waals surface area (Å²) in [6.45, 7) is -0.617. The molecular weight excluding hydrogens is 251 g/mol. The molecule has 6 heteroatoms. The SMILES string of the molecule is OCc1nc(Br)c(C(F)F)cc1F. The van der Waals surface area contributed by atoms with E-state index < -0.39 is 24.4 Å². The van der Waals surface area contributed by atoms with Gasteiger partial charge in [0.1, 0.15) is 16.1 Å². The van der Waals surface area contributed by atoms with Gasteiger partial charge in [-0.25, -0.2) is 18.2 Å². The van der Waals surface area contributed by atoms with E-state index in [-0.39, 0.29) is 10.3 Å². The van der Waals surface area contributed by atoms with Crippen LogP contribution in [-0.2, 0) is 6.61 Å². The van der Waals surface area contributed by atoms with E-state index in [9.17, 15) is 13.2 Å². The summed E-state index contributed by atoms with van der Waals surface area (Å²) < 4.78 is 37.0. The summed E-state index contributed by atoms with van der Waals surface area (Å²) in [4.78, 5) is 3.42. The first kappa shape index (κ1) is 10.5. The Morgan fingerprint density at radius 1 is 1.54 bits per heavy atom. The van der Waals surface area contributed by atoms with Gasteiger partial charge in [-0.2, -0.15) is 0 Å². The molecule has 0 aliphatic heterocycles. The van der Waals surface area contributed by atoms with E-state index in [2.05, 4.69) is 20.9 Å². The topological polar surface area (TPSA) is 33.1 Å². The van der Waals surface area contributed by atoms with Gasteiger partial charge in [-0.3, -0.25) is 0 Å². The Balaban J connectivity index is 3.20. The maximum atomic E-state index is 12.8. The van der Waals surface area contributed by atoms with Crippen molar-refractivity contribution in [3.05, 3.63) is 27.7 Å². The number of aliphatic hydroxyl groups excluding tert-OH is 1. The van der Waals surface area contributed by atoms with Gasteiger partial charge in [-0.05, 0) is 22.0 Å². The molecule has 0 amide bonds. The third kappa shape index (κ3) is 2.19. The van der Waals surface area contributed by atoms with Gasteiger partial charge in [0.15, 0.2) is 0 Å². The highest BCUT2D eigenvalue weighted by atomic mass is 79.9. The minimum Gasteiger partial charge on any atom is -0.390 e. The number of rotatable bonds is 2. The van der Waals surface area contributed by atoms with Crippen molar-refractivity contribution < 1.29 is 18.3 Å². The Bertz CT molecular complexity index is 319. The Hall–Kier alpha value is -0.620. The normalized spacial score (nSPS) is 10.9. The fraction of sp³-hybridized carbons (Fsp3) is 0.286. The Kier molecular flexibility index (Phi) is 3.27. The van der Waals surface area contributed by atoms with Crippen molar-refractivity contribution in [2.45, 2.75) is 13.0 Å². The summed E-state index contributed by atoms with van der Waals surface area (Å²) in [5.74, 6) is -0.930. The average Bonchev–Trinajstić information content (AvgIpc) is 2.07. The summed E-state index contributed by atoms with van der Waals surface area (Å²) in [5, 5.41) is 8.56. The zero-order valence-corrected chi connectivity index (χ0v) is 7.85. The van der Waals surface area contributed by atoms with Crippen molar-refractivity contribution in [3.8, 4) is 0 Å². The highest BCUT2D eigenvalue weighted by Gasteiger charge is 2.16. The van der Waals surface area contributed by atoms with Gasteiger partial charge in [0, 0.05) is 0 Å². The molecule has 1 N–H and O–H groups in total. The lowest BCUT2D eigenvalue weighted by Crippen LogP contribution is -1.99. The molecular formula is C7H5BrF3NO. The molecule has 0 atom stereocenters. The van der Waals surface area contributed by atoms with Crippen LogP contribution >= 0.6 is 15.9 Å². The van der Waals surface area contributed by atoms with Crippen molar-refractivity contribution in [2.24, 2.45) is 0 Å². The number of hydrogen-bond acceptors (Lipinski definition) is 2. The van der Waals surface area contributed by atoms with Crippen LogP contribution in [0.5, 0.6) is 0 Å². The second-order valence-corrected chi connectivity index (χ2v) is 3.01. The van der Waals surface area contributed by atoms with Crippen LogP contribution in [0.3, 0.4) is 0 Å². The van der Waals surface area contributed by atoms with Crippen LogP contribution in [-0.4, -0.2) is 10.1 Å². The predicted octanol–water partition coefficient (Wildman–Crippen LogP) is 2.41. The molecule has 1 rings (SSSR count). The Morgan fingerprint density at radius 2 is 2.15 bits per heavy atom. The van der Waals surface area contributed by atoms with E-state index in [0.717, 1.165) is 0 Å². The van der Waals surface area contributed by atoms with Crippen molar-refractivity contribution in [2.75, 3.05) is 0 Å². The van der Waals surface area contributed by atoms with Crippen LogP contribution in [0.1, 0.15) is 17.7 Å². The molecule has 0 saturated heterocycles. The van der Waals surface area contributed by atoms with Crippen molar-refractivity contribution >= 4 is 15.9 Å². The molecule has 1 aromatic rings. The van der Waals surface area contributed by atoms with Crippen molar-refractivity contribution in [1.29, 1.82) is 0 Å². The number of aliphatic hydroxyl groups is 1. The first-order valence-corrected chi connectivity index (χ1v) is 4.09. The van der Waals surface area contributed by atoms with E-state index in [1.807, 2.05) is 0 Å². The molecule has 13 heavy (non-hydrogen) atoms. The fourth-order valence-electron chi connectivity index (χ4n) is 0.780. The van der Waals surface area contributed by atoms with Crippen molar-refractivity contribution in [1.82, 2.24) is 4.98 Å². The first-order valence-electron chi connectivity index (χ1n) is 3.30. The highest BCUT2D eigenvalue weighted by molar-refractivity contribution is 9.10. The van der Waals surface area contributed by atoms with Crippen LogP contribution < -0.4 is 0 Å². The number of nitrogens with zero attached hydrogens (tertiary/aromatic N) is 1. The predicted molar refractivity (Wildman–Crippen MR) is 42.8 cm³/mol. The molecule has 0 unspecified atom stereocenters. The minimum absolute atomic E-state index is 0.145. The van der Waals surface area contributed by atoms with Crippen LogP contribution in [0.4, 0.5) is 13.2 Å². The number of pyridine rings is 1. The minimum atomic E-state index is -2.79. The second-order valence-electron chi connectivity index (χ2n) is 2.26. The number of halogens is 4. The van der Waals surface area contributed by atoms with Crippen LogP contribution in [0.25, 0.3) is 0 Å². The standard InChI is InChI=1S/C7H5BrF3NO/c8-6-3(7(10)11)1-4(9)5(2-13)12-6/h1,7,13H,2H2. The van der Waals surface area contributed by atoms with Gasteiger partial charge in [-0.1, -0.05) is 0 Å². The zero-order chi connectivity index (χ0) is 10.0. The molecule has 2 nitrogen and oxygen atoms in total. The zero-order valence-electron chi connectivity index (χ0n) is 6.27. The van der Waals surface area contributed by atoms with Crippen LogP contribution in [0.2, 0.25) is 0 Å². The lowest BCUT2D eigenvalue weighted by atomic mass is 10.2. The first-order chi connectivity index (χ1) is 6.06. The van der Waals surface area contributed by atoms with Crippen LogP contribution in [0.15, 0.2) is 10.7 Å². The van der Waals surface area contributed by atoms with E-state index in [1.54, 1.807) is 0 Å². The molecule has 0 bridgehead atoms. The fourth-order valence-corrected chi connectivity index (χ4v) is 1.28. The lowest BCUT2D eigenvalue weighted by molar-refractivity contribution is 0.149. The number of hydrogen-bond donors (Lipinski definition) is 1. The smallest absolute Gasteiger partial charge is 0.266 e. The molecule has 0 radical (unpaired) electrons. The summed E-state index contributed by atoms with van der Waals surface area (Å²) in [7, 11) is 0. The van der Waals surface area contributed by atoms with E-state index >= 15 is 0 Å². The van der Waals surface area contributed by atoms with E-state index in [4.69, 9.17) is 5.11 Å². The maximum absolute atomic E-state index is 12.8. The molecule has 1 aromatic heterocycles. The number of alkyl halides is 2. The largest absolute Gasteiger partial charge is 0.390 e. The summed E-state index contributed by atoms with van der Waals surface area (Å²) in [6, 6.07) is 0.660. The van der Waals surface area contributed by atoms with Gasteiger partial charge < -0.3 is 5.11 Å². The van der Waals surface area contributed by atoms with E-state index in [0.29, 0.717) is 6.07 Å². The molecule has 72 valence electrons. The lowest BCUT2D eigenvalue weighted by Gasteiger charge is -2.05. The molecule has 0 fully saturated rings. The van der Waals surface area contributed by atoms with Gasteiger partial charge in [0.05, 0.1) is 12.2 Å². The Labute approximate surface area is 80.5 Å².